The highest BCUT2D eigenvalue weighted by Gasteiger charge is 2.17. The summed E-state index contributed by atoms with van der Waals surface area (Å²) in [5.41, 5.74) is 0. The third kappa shape index (κ3) is 1.45. The summed E-state index contributed by atoms with van der Waals surface area (Å²) in [6.07, 6.45) is 0. The molecule has 0 aliphatic heterocycles. The third-order valence-electron chi connectivity index (χ3n) is 0.693. The van der Waals surface area contributed by atoms with Crippen molar-refractivity contribution in [1.29, 1.82) is 0 Å². The lowest BCUT2D eigenvalue weighted by atomic mass is 11.1. The van der Waals surface area contributed by atoms with E-state index < -0.39 is 10.6 Å². The van der Waals surface area contributed by atoms with Crippen molar-refractivity contribution in [2.24, 2.45) is 0 Å². The van der Waals surface area contributed by atoms with E-state index in [4.69, 9.17) is 34.8 Å². The van der Waals surface area contributed by atoms with Crippen LogP contribution in [0.2, 0.25) is 15.9 Å². The maximum Gasteiger partial charge on any atom is 0.374 e. The molecular weight excluding hydrogens is 203 g/mol. The van der Waals surface area contributed by atoms with Gasteiger partial charge in [0.25, 0.3) is 0 Å². The Kier molecular flexibility index (Phi) is 2.23. The first-order valence-corrected chi connectivity index (χ1v) is 3.21. The van der Waals surface area contributed by atoms with E-state index in [0.29, 0.717) is 0 Å². The molecular formula is C3Cl3FN3+. The summed E-state index contributed by atoms with van der Waals surface area (Å²) in [4.78, 5) is 6.43. The van der Waals surface area contributed by atoms with Crippen molar-refractivity contribution in [3.8, 4) is 0 Å². The van der Waals surface area contributed by atoms with Crippen LogP contribution in [0.3, 0.4) is 0 Å². The molecule has 1 rings (SSSR count). The minimum absolute atomic E-state index is 0.0883. The Balaban J connectivity index is 3.31. The highest BCUT2D eigenvalue weighted by Crippen LogP contribution is 2.07. The van der Waals surface area contributed by atoms with Gasteiger partial charge in [-0.15, -0.1) is 0 Å². The first-order chi connectivity index (χ1) is 4.61. The van der Waals surface area contributed by atoms with Crippen LogP contribution in [0, 0.1) is 0 Å². The average molecular weight is 203 g/mol. The molecule has 0 atom stereocenters. The lowest BCUT2D eigenvalue weighted by molar-refractivity contribution is -0.844. The van der Waals surface area contributed by atoms with Gasteiger partial charge in [0.15, 0.2) is 0 Å². The topological polar surface area (TPSA) is 29.7 Å². The number of rotatable bonds is 0. The van der Waals surface area contributed by atoms with Gasteiger partial charge in [-0.25, -0.2) is 0 Å². The normalized spacial score (nSPS) is 10.0. The van der Waals surface area contributed by atoms with Crippen LogP contribution in [0.25, 0.3) is 0 Å². The third-order valence-corrected chi connectivity index (χ3v) is 1.33. The van der Waals surface area contributed by atoms with Gasteiger partial charge in [0.05, 0.1) is 0 Å². The second kappa shape index (κ2) is 2.82. The molecule has 0 radical (unpaired) electrons. The smallest absolute Gasteiger partial charge is 0.0386 e. The van der Waals surface area contributed by atoms with Crippen LogP contribution in [0.5, 0.6) is 0 Å². The first-order valence-electron chi connectivity index (χ1n) is 2.08. The van der Waals surface area contributed by atoms with Crippen LogP contribution >= 0.6 is 34.8 Å². The quantitative estimate of drug-likeness (QED) is 0.639. The molecule has 10 heavy (non-hydrogen) atoms. The maximum absolute atomic E-state index is 12.4. The van der Waals surface area contributed by atoms with Crippen molar-refractivity contribution in [3.05, 3.63) is 15.9 Å². The molecule has 0 aromatic carbocycles. The number of hydrogen-bond donors (Lipinski definition) is 0. The first kappa shape index (κ1) is 7.91. The summed E-state index contributed by atoms with van der Waals surface area (Å²) in [7, 11) is 0. The zero-order valence-corrected chi connectivity index (χ0v) is 6.62. The molecule has 0 aliphatic carbocycles. The van der Waals surface area contributed by atoms with Crippen LogP contribution in [0.4, 0.5) is 4.48 Å². The molecule has 0 unspecified atom stereocenters. The largest absolute Gasteiger partial charge is 0.374 e. The Morgan fingerprint density at radius 2 is 1.50 bits per heavy atom. The fourth-order valence-electron chi connectivity index (χ4n) is 0.341. The van der Waals surface area contributed by atoms with Gasteiger partial charge in [0.1, 0.15) is 0 Å². The Morgan fingerprint density at radius 3 is 1.90 bits per heavy atom. The van der Waals surface area contributed by atoms with Crippen molar-refractivity contribution in [2.45, 2.75) is 0 Å². The minimum Gasteiger partial charge on any atom is -0.0386 e. The molecule has 3 nitrogen and oxygen atoms in total. The molecule has 1 heterocycles. The van der Waals surface area contributed by atoms with Gasteiger partial charge < -0.3 is 0 Å². The number of nitrogens with zero attached hydrogens (tertiary/aromatic N) is 3. The lowest BCUT2D eigenvalue weighted by Gasteiger charge is -1.85. The molecule has 0 N–H and O–H groups in total. The number of aromatic nitrogens is 3. The van der Waals surface area contributed by atoms with Gasteiger partial charge in [-0.3, -0.25) is 0 Å². The van der Waals surface area contributed by atoms with Crippen molar-refractivity contribution in [1.82, 2.24) is 9.97 Å². The van der Waals surface area contributed by atoms with Gasteiger partial charge in [0, 0.05) is 0 Å². The zero-order chi connectivity index (χ0) is 7.72. The summed E-state index contributed by atoms with van der Waals surface area (Å²) in [5.74, 6) is 0. The van der Waals surface area contributed by atoms with Gasteiger partial charge in [0.2, 0.25) is 0 Å². The Labute approximate surface area is 70.3 Å². The molecule has 1 aromatic rings. The molecule has 0 amide bonds. The summed E-state index contributed by atoms with van der Waals surface area (Å²) < 4.78 is 12.4. The van der Waals surface area contributed by atoms with Crippen molar-refractivity contribution in [2.75, 3.05) is 0 Å². The Morgan fingerprint density at radius 1 is 1.10 bits per heavy atom. The monoisotopic (exact) mass is 202 g/mol. The van der Waals surface area contributed by atoms with Crippen LogP contribution in [0.15, 0.2) is 0 Å². The van der Waals surface area contributed by atoms with Crippen LogP contribution in [0.1, 0.15) is 0 Å². The predicted octanol–water partition coefficient (Wildman–Crippen LogP) is 1.46. The molecule has 1 aromatic heterocycles. The maximum atomic E-state index is 12.4. The van der Waals surface area contributed by atoms with E-state index in [2.05, 4.69) is 9.97 Å². The average Bonchev–Trinajstić information content (AvgIpc) is 1.82. The zero-order valence-electron chi connectivity index (χ0n) is 4.35. The fourth-order valence-corrected chi connectivity index (χ4v) is 0.951. The van der Waals surface area contributed by atoms with E-state index in [-0.39, 0.29) is 10.1 Å². The summed E-state index contributed by atoms with van der Waals surface area (Å²) >= 11 is 15.6. The summed E-state index contributed by atoms with van der Waals surface area (Å²) in [5, 5.41) is -1.10. The van der Waals surface area contributed by atoms with E-state index in [1.54, 1.807) is 0 Å². The molecule has 0 aliphatic rings. The molecule has 0 saturated heterocycles. The highest BCUT2D eigenvalue weighted by molar-refractivity contribution is 6.32. The fraction of sp³-hybridized carbons (Fsp3) is 0. The Hall–Kier alpha value is -0.190. The summed E-state index contributed by atoms with van der Waals surface area (Å²) in [6.45, 7) is 0. The molecule has 0 saturated carbocycles. The summed E-state index contributed by atoms with van der Waals surface area (Å²) in [6, 6.07) is 0. The van der Waals surface area contributed by atoms with E-state index in [9.17, 15) is 4.48 Å². The second-order valence-electron chi connectivity index (χ2n) is 1.31. The van der Waals surface area contributed by atoms with E-state index in [0.717, 1.165) is 0 Å². The minimum atomic E-state index is -0.454. The van der Waals surface area contributed by atoms with Crippen molar-refractivity contribution >= 4 is 34.8 Å². The Bertz CT molecular complexity index is 242. The standard InChI is InChI=1S/C3Cl3FN3/c4-1-8-2(5)10(7)3(6)9-1/q+1. The van der Waals surface area contributed by atoms with Gasteiger partial charge >= 0.3 is 15.9 Å². The van der Waals surface area contributed by atoms with Crippen LogP contribution in [-0.4, -0.2) is 9.97 Å². The molecule has 0 fully saturated rings. The van der Waals surface area contributed by atoms with Crippen LogP contribution in [-0.2, 0) is 0 Å². The van der Waals surface area contributed by atoms with E-state index >= 15 is 0 Å². The highest BCUT2D eigenvalue weighted by atomic mass is 35.5. The van der Waals surface area contributed by atoms with Gasteiger partial charge in [-0.05, 0) is 54.0 Å². The van der Waals surface area contributed by atoms with Crippen LogP contribution < -0.4 is 4.79 Å². The lowest BCUT2D eigenvalue weighted by Crippen LogP contribution is -2.28. The second-order valence-corrected chi connectivity index (χ2v) is 2.33. The van der Waals surface area contributed by atoms with Gasteiger partial charge in [-0.1, -0.05) is 0 Å². The van der Waals surface area contributed by atoms with E-state index in [1.807, 2.05) is 0 Å². The molecule has 0 spiro atoms. The number of halogens is 4. The molecule has 54 valence electrons. The van der Waals surface area contributed by atoms with E-state index in [1.165, 1.54) is 0 Å². The SMILES string of the molecule is F[n+]1c(Cl)nc(Cl)nc1Cl. The predicted molar refractivity (Wildman–Crippen MR) is 33.8 cm³/mol. The van der Waals surface area contributed by atoms with Crippen molar-refractivity contribution < 1.29 is 9.27 Å². The molecule has 7 heteroatoms. The number of hydrogen-bond acceptors (Lipinski definition) is 2. The van der Waals surface area contributed by atoms with Gasteiger partial charge in [-0.2, -0.15) is 0 Å². The van der Waals surface area contributed by atoms with Crippen molar-refractivity contribution in [3.63, 3.8) is 0 Å². The molecule has 0 bridgehead atoms.